The van der Waals surface area contributed by atoms with Gasteiger partial charge in [0.15, 0.2) is 0 Å². The van der Waals surface area contributed by atoms with Gasteiger partial charge in [0.25, 0.3) is 0 Å². The van der Waals surface area contributed by atoms with Crippen LogP contribution in [-0.4, -0.2) is 61.7 Å². The van der Waals surface area contributed by atoms with Gasteiger partial charge in [-0.1, -0.05) is 6.92 Å². The maximum atomic E-state index is 3.59. The molecule has 2 aliphatic rings. The van der Waals surface area contributed by atoms with Gasteiger partial charge in [-0.05, 0) is 65.2 Å². The van der Waals surface area contributed by atoms with E-state index >= 15 is 0 Å². The van der Waals surface area contributed by atoms with E-state index < -0.39 is 0 Å². The van der Waals surface area contributed by atoms with Crippen molar-refractivity contribution < 1.29 is 0 Å². The third kappa shape index (κ3) is 4.22. The highest BCUT2D eigenvalue weighted by Gasteiger charge is 2.23. The number of nitrogens with zero attached hydrogens (tertiary/aromatic N) is 2. The summed E-state index contributed by atoms with van der Waals surface area (Å²) in [5, 5.41) is 3.59. The van der Waals surface area contributed by atoms with E-state index in [2.05, 4.69) is 29.1 Å². The van der Waals surface area contributed by atoms with Crippen LogP contribution in [0, 0.1) is 0 Å². The van der Waals surface area contributed by atoms with Crippen molar-refractivity contribution in [3.05, 3.63) is 0 Å². The zero-order valence-electron chi connectivity index (χ0n) is 12.3. The molecule has 106 valence electrons. The smallest absolute Gasteiger partial charge is 0.0109 e. The van der Waals surface area contributed by atoms with E-state index in [1.165, 1.54) is 64.7 Å². The zero-order valence-corrected chi connectivity index (χ0v) is 12.3. The fourth-order valence-electron chi connectivity index (χ4n) is 3.50. The lowest BCUT2D eigenvalue weighted by atomic mass is 9.90. The lowest BCUT2D eigenvalue weighted by Crippen LogP contribution is -2.43. The van der Waals surface area contributed by atoms with Crippen LogP contribution in [0.15, 0.2) is 0 Å². The van der Waals surface area contributed by atoms with Gasteiger partial charge in [-0.25, -0.2) is 0 Å². The first-order valence-corrected chi connectivity index (χ1v) is 7.95. The molecule has 1 saturated carbocycles. The fourth-order valence-corrected chi connectivity index (χ4v) is 3.50. The van der Waals surface area contributed by atoms with Crippen LogP contribution in [0.5, 0.6) is 0 Å². The van der Waals surface area contributed by atoms with Gasteiger partial charge in [0.1, 0.15) is 0 Å². The molecule has 0 atom stereocenters. The average Bonchev–Trinajstić information content (AvgIpc) is 2.90. The number of likely N-dealkylation sites (tertiary alicyclic amines) is 1. The Hall–Kier alpha value is -0.120. The monoisotopic (exact) mass is 253 g/mol. The summed E-state index contributed by atoms with van der Waals surface area (Å²) >= 11 is 0. The number of rotatable bonds is 6. The highest BCUT2D eigenvalue weighted by atomic mass is 15.2. The second-order valence-electron chi connectivity index (χ2n) is 6.09. The SMILES string of the molecule is CCNC1CCC(N(C)CCN2CCCC2)CC1. The van der Waals surface area contributed by atoms with E-state index in [0.717, 1.165) is 18.6 Å². The molecule has 0 amide bonds. The molecule has 1 N–H and O–H groups in total. The molecular formula is C15H31N3. The summed E-state index contributed by atoms with van der Waals surface area (Å²) in [5.74, 6) is 0. The van der Waals surface area contributed by atoms with E-state index in [1.54, 1.807) is 0 Å². The van der Waals surface area contributed by atoms with Gasteiger partial charge in [-0.2, -0.15) is 0 Å². The quantitative estimate of drug-likeness (QED) is 0.780. The molecule has 0 aromatic carbocycles. The molecule has 0 aromatic rings. The van der Waals surface area contributed by atoms with Gasteiger partial charge in [-0.15, -0.1) is 0 Å². The Bertz CT molecular complexity index is 218. The van der Waals surface area contributed by atoms with Crippen LogP contribution < -0.4 is 5.32 Å². The number of nitrogens with one attached hydrogen (secondary N) is 1. The molecule has 18 heavy (non-hydrogen) atoms. The van der Waals surface area contributed by atoms with Crippen LogP contribution in [0.2, 0.25) is 0 Å². The third-order valence-corrected chi connectivity index (χ3v) is 4.78. The normalized spacial score (nSPS) is 30.2. The van der Waals surface area contributed by atoms with Crippen molar-refractivity contribution in [2.45, 2.75) is 57.5 Å². The number of hydrogen-bond acceptors (Lipinski definition) is 3. The van der Waals surface area contributed by atoms with E-state index in [0.29, 0.717) is 0 Å². The Balaban J connectivity index is 1.62. The summed E-state index contributed by atoms with van der Waals surface area (Å²) in [4.78, 5) is 5.24. The molecular weight excluding hydrogens is 222 g/mol. The van der Waals surface area contributed by atoms with Crippen molar-refractivity contribution in [2.75, 3.05) is 39.8 Å². The first-order valence-electron chi connectivity index (χ1n) is 7.95. The molecule has 1 aliphatic heterocycles. The molecule has 3 nitrogen and oxygen atoms in total. The molecule has 0 unspecified atom stereocenters. The van der Waals surface area contributed by atoms with Crippen molar-refractivity contribution in [3.8, 4) is 0 Å². The second kappa shape index (κ2) is 7.46. The molecule has 0 radical (unpaired) electrons. The Morgan fingerprint density at radius 2 is 1.78 bits per heavy atom. The Morgan fingerprint density at radius 3 is 2.39 bits per heavy atom. The predicted molar refractivity (Wildman–Crippen MR) is 78.0 cm³/mol. The van der Waals surface area contributed by atoms with E-state index in [1.807, 2.05) is 0 Å². The van der Waals surface area contributed by atoms with Crippen LogP contribution in [0.25, 0.3) is 0 Å². The maximum Gasteiger partial charge on any atom is 0.0109 e. The lowest BCUT2D eigenvalue weighted by molar-refractivity contribution is 0.157. The topological polar surface area (TPSA) is 18.5 Å². The average molecular weight is 253 g/mol. The molecule has 2 fully saturated rings. The third-order valence-electron chi connectivity index (χ3n) is 4.78. The van der Waals surface area contributed by atoms with E-state index in [4.69, 9.17) is 0 Å². The van der Waals surface area contributed by atoms with Gasteiger partial charge < -0.3 is 15.1 Å². The summed E-state index contributed by atoms with van der Waals surface area (Å²) in [6.07, 6.45) is 8.33. The number of likely N-dealkylation sites (N-methyl/N-ethyl adjacent to an activating group) is 1. The van der Waals surface area contributed by atoms with Crippen molar-refractivity contribution in [3.63, 3.8) is 0 Å². The Kier molecular flexibility index (Phi) is 5.93. The zero-order chi connectivity index (χ0) is 12.8. The van der Waals surface area contributed by atoms with Crippen molar-refractivity contribution >= 4 is 0 Å². The second-order valence-corrected chi connectivity index (χ2v) is 6.09. The highest BCUT2D eigenvalue weighted by molar-refractivity contribution is 4.82. The number of hydrogen-bond donors (Lipinski definition) is 1. The lowest BCUT2D eigenvalue weighted by Gasteiger charge is -2.35. The maximum absolute atomic E-state index is 3.59. The van der Waals surface area contributed by atoms with Gasteiger partial charge in [0, 0.05) is 25.2 Å². The first-order chi connectivity index (χ1) is 8.79. The summed E-state index contributed by atoms with van der Waals surface area (Å²) in [6, 6.07) is 1.63. The van der Waals surface area contributed by atoms with Crippen molar-refractivity contribution in [1.82, 2.24) is 15.1 Å². The molecule has 1 heterocycles. The van der Waals surface area contributed by atoms with Crippen LogP contribution in [0.1, 0.15) is 45.4 Å². The van der Waals surface area contributed by atoms with Crippen LogP contribution in [-0.2, 0) is 0 Å². The minimum Gasteiger partial charge on any atom is -0.314 e. The molecule has 1 aliphatic carbocycles. The predicted octanol–water partition coefficient (Wildman–Crippen LogP) is 1.93. The van der Waals surface area contributed by atoms with Crippen LogP contribution >= 0.6 is 0 Å². The minimum absolute atomic E-state index is 0.790. The van der Waals surface area contributed by atoms with Crippen molar-refractivity contribution in [1.29, 1.82) is 0 Å². The van der Waals surface area contributed by atoms with Gasteiger partial charge in [-0.3, -0.25) is 0 Å². The molecule has 1 saturated heterocycles. The Labute approximate surface area is 113 Å². The summed E-state index contributed by atoms with van der Waals surface area (Å²) in [7, 11) is 2.33. The van der Waals surface area contributed by atoms with Gasteiger partial charge in [0.05, 0.1) is 0 Å². The van der Waals surface area contributed by atoms with E-state index in [9.17, 15) is 0 Å². The minimum atomic E-state index is 0.790. The standard InChI is InChI=1S/C15H31N3/c1-3-16-14-6-8-15(9-7-14)17(2)12-13-18-10-4-5-11-18/h14-16H,3-13H2,1-2H3. The van der Waals surface area contributed by atoms with Crippen LogP contribution in [0.4, 0.5) is 0 Å². The van der Waals surface area contributed by atoms with Crippen molar-refractivity contribution in [2.24, 2.45) is 0 Å². The van der Waals surface area contributed by atoms with E-state index in [-0.39, 0.29) is 0 Å². The molecule has 0 aromatic heterocycles. The highest BCUT2D eigenvalue weighted by Crippen LogP contribution is 2.22. The van der Waals surface area contributed by atoms with Crippen LogP contribution in [0.3, 0.4) is 0 Å². The molecule has 0 bridgehead atoms. The molecule has 2 rings (SSSR count). The molecule has 0 spiro atoms. The van der Waals surface area contributed by atoms with Gasteiger partial charge in [0.2, 0.25) is 0 Å². The fraction of sp³-hybridized carbons (Fsp3) is 1.00. The first kappa shape index (κ1) is 14.3. The van der Waals surface area contributed by atoms with Gasteiger partial charge >= 0.3 is 0 Å². The largest absolute Gasteiger partial charge is 0.314 e. The summed E-state index contributed by atoms with van der Waals surface area (Å²) in [6.45, 7) is 8.55. The Morgan fingerprint density at radius 1 is 1.11 bits per heavy atom. The molecule has 3 heteroatoms. The summed E-state index contributed by atoms with van der Waals surface area (Å²) < 4.78 is 0. The summed E-state index contributed by atoms with van der Waals surface area (Å²) in [5.41, 5.74) is 0.